The fourth-order valence-corrected chi connectivity index (χ4v) is 8.06. The number of anilines is 1. The van der Waals surface area contributed by atoms with Crippen LogP contribution in [0.15, 0.2) is 30.3 Å². The molecule has 31 heavy (non-hydrogen) atoms. The Hall–Kier alpha value is -2.06. The first-order valence-electron chi connectivity index (χ1n) is 11.1. The number of amides is 3. The maximum absolute atomic E-state index is 13.6. The largest absolute Gasteiger partial charge is 0.395 e. The van der Waals surface area contributed by atoms with E-state index in [0.717, 1.165) is 19.3 Å². The molecule has 1 spiro atoms. The van der Waals surface area contributed by atoms with Gasteiger partial charge in [-0.2, -0.15) is 0 Å². The zero-order valence-corrected chi connectivity index (χ0v) is 18.9. The van der Waals surface area contributed by atoms with Gasteiger partial charge in [-0.15, -0.1) is 11.8 Å². The Bertz CT molecular complexity index is 866. The fourth-order valence-electron chi connectivity index (χ4n) is 5.70. The molecule has 3 aliphatic rings. The monoisotopic (exact) mass is 445 g/mol. The van der Waals surface area contributed by atoms with Crippen LogP contribution in [0, 0.1) is 11.8 Å². The highest BCUT2D eigenvalue weighted by molar-refractivity contribution is 8.02. The van der Waals surface area contributed by atoms with Gasteiger partial charge < -0.3 is 20.6 Å². The standard InChI is InChI=1S/C23H31N3O4S/c1-3-4-12-24-20(29)18-23-11-10-22(2,31-23)16(17(23)21(30)26(18)13-14-27)19(28)25-15-8-6-5-7-9-15/h5-9,16-18,27H,3-4,10-14H2,1-2H3,(H,24,29)(H,25,28)/t16-,17+,18?,22+,23?/m1/s1. The van der Waals surface area contributed by atoms with Crippen LogP contribution in [-0.4, -0.2) is 63.0 Å². The Kier molecular flexibility index (Phi) is 6.05. The third-order valence-electron chi connectivity index (χ3n) is 7.02. The summed E-state index contributed by atoms with van der Waals surface area (Å²) in [6.07, 6.45) is 3.33. The summed E-state index contributed by atoms with van der Waals surface area (Å²) in [7, 11) is 0. The minimum atomic E-state index is -0.657. The number of aliphatic hydroxyl groups excluding tert-OH is 1. The van der Waals surface area contributed by atoms with Crippen molar-refractivity contribution in [1.82, 2.24) is 10.2 Å². The van der Waals surface area contributed by atoms with Crippen LogP contribution in [0.5, 0.6) is 0 Å². The molecule has 4 rings (SSSR count). The Morgan fingerprint density at radius 2 is 1.97 bits per heavy atom. The van der Waals surface area contributed by atoms with Gasteiger partial charge in [-0.3, -0.25) is 14.4 Å². The van der Waals surface area contributed by atoms with Crippen LogP contribution in [-0.2, 0) is 14.4 Å². The summed E-state index contributed by atoms with van der Waals surface area (Å²) in [5, 5.41) is 15.6. The number of benzene rings is 1. The Morgan fingerprint density at radius 3 is 2.65 bits per heavy atom. The highest BCUT2D eigenvalue weighted by Gasteiger charge is 2.76. The predicted molar refractivity (Wildman–Crippen MR) is 121 cm³/mol. The predicted octanol–water partition coefficient (Wildman–Crippen LogP) is 2.02. The molecule has 3 amide bonds. The van der Waals surface area contributed by atoms with Crippen molar-refractivity contribution in [3.05, 3.63) is 30.3 Å². The van der Waals surface area contributed by atoms with Gasteiger partial charge in [-0.1, -0.05) is 31.5 Å². The maximum atomic E-state index is 13.6. The van der Waals surface area contributed by atoms with Crippen LogP contribution in [0.3, 0.4) is 0 Å². The van der Waals surface area contributed by atoms with Crippen molar-refractivity contribution in [1.29, 1.82) is 0 Å². The van der Waals surface area contributed by atoms with E-state index in [4.69, 9.17) is 0 Å². The number of thioether (sulfide) groups is 1. The van der Waals surface area contributed by atoms with Gasteiger partial charge in [-0.05, 0) is 38.3 Å². The lowest BCUT2D eigenvalue weighted by molar-refractivity contribution is -0.140. The van der Waals surface area contributed by atoms with E-state index in [2.05, 4.69) is 24.5 Å². The van der Waals surface area contributed by atoms with Crippen molar-refractivity contribution in [2.45, 2.75) is 55.1 Å². The van der Waals surface area contributed by atoms with E-state index in [1.165, 1.54) is 4.90 Å². The molecule has 3 aliphatic heterocycles. The molecular weight excluding hydrogens is 414 g/mol. The summed E-state index contributed by atoms with van der Waals surface area (Å²) in [6, 6.07) is 8.59. The second-order valence-electron chi connectivity index (χ2n) is 8.98. The quantitative estimate of drug-likeness (QED) is 0.532. The Labute approximate surface area is 187 Å². The van der Waals surface area contributed by atoms with E-state index >= 15 is 0 Å². The highest BCUT2D eigenvalue weighted by Crippen LogP contribution is 2.71. The van der Waals surface area contributed by atoms with Crippen molar-refractivity contribution >= 4 is 35.2 Å². The zero-order chi connectivity index (χ0) is 22.2. The normalized spacial score (nSPS) is 33.5. The fraction of sp³-hybridized carbons (Fsp3) is 0.609. The molecule has 2 bridgehead atoms. The first-order chi connectivity index (χ1) is 14.9. The van der Waals surface area contributed by atoms with Crippen LogP contribution in [0.2, 0.25) is 0 Å². The number of aliphatic hydroxyl groups is 1. The number of β-amino-alcohol motifs (C(OH)–C–C–N with tert-alkyl or cyclic N) is 1. The number of rotatable bonds is 8. The van der Waals surface area contributed by atoms with Gasteiger partial charge in [0.05, 0.1) is 23.2 Å². The summed E-state index contributed by atoms with van der Waals surface area (Å²) in [5.41, 5.74) is 0.699. The molecule has 2 unspecified atom stereocenters. The lowest BCUT2D eigenvalue weighted by Crippen LogP contribution is -2.54. The number of unbranched alkanes of at least 4 members (excludes halogenated alkanes) is 1. The van der Waals surface area contributed by atoms with Crippen LogP contribution in [0.1, 0.15) is 39.5 Å². The molecule has 3 heterocycles. The number of nitrogens with one attached hydrogen (secondary N) is 2. The number of carbonyl (C=O) groups excluding carboxylic acids is 3. The van der Waals surface area contributed by atoms with E-state index in [1.807, 2.05) is 30.3 Å². The van der Waals surface area contributed by atoms with E-state index < -0.39 is 27.4 Å². The van der Waals surface area contributed by atoms with Gasteiger partial charge >= 0.3 is 0 Å². The summed E-state index contributed by atoms with van der Waals surface area (Å²) < 4.78 is -1.03. The van der Waals surface area contributed by atoms with Gasteiger partial charge in [0.25, 0.3) is 0 Å². The van der Waals surface area contributed by atoms with Crippen molar-refractivity contribution in [2.24, 2.45) is 11.8 Å². The van der Waals surface area contributed by atoms with Crippen LogP contribution in [0.4, 0.5) is 5.69 Å². The van der Waals surface area contributed by atoms with Crippen molar-refractivity contribution in [3.8, 4) is 0 Å². The molecule has 7 nitrogen and oxygen atoms in total. The van der Waals surface area contributed by atoms with Crippen molar-refractivity contribution in [3.63, 3.8) is 0 Å². The number of hydrogen-bond donors (Lipinski definition) is 3. The molecule has 3 N–H and O–H groups in total. The van der Waals surface area contributed by atoms with Crippen molar-refractivity contribution < 1.29 is 19.5 Å². The van der Waals surface area contributed by atoms with E-state index in [0.29, 0.717) is 18.7 Å². The molecule has 5 atom stereocenters. The van der Waals surface area contributed by atoms with E-state index in [-0.39, 0.29) is 30.9 Å². The summed E-state index contributed by atoms with van der Waals surface area (Å²) in [5.74, 6) is -1.61. The maximum Gasteiger partial charge on any atom is 0.244 e. The van der Waals surface area contributed by atoms with Gasteiger partial charge in [0, 0.05) is 23.5 Å². The molecule has 1 aromatic carbocycles. The smallest absolute Gasteiger partial charge is 0.244 e. The summed E-state index contributed by atoms with van der Waals surface area (Å²) in [6.45, 7) is 4.57. The van der Waals surface area contributed by atoms with Gasteiger partial charge in [0.2, 0.25) is 17.7 Å². The average molecular weight is 446 g/mol. The molecule has 0 aliphatic carbocycles. The first kappa shape index (κ1) is 22.1. The minimum absolute atomic E-state index is 0.104. The third kappa shape index (κ3) is 3.53. The Balaban J connectivity index is 1.66. The molecule has 3 saturated heterocycles. The second-order valence-corrected chi connectivity index (χ2v) is 10.9. The lowest BCUT2D eigenvalue weighted by atomic mass is 9.66. The van der Waals surface area contributed by atoms with Gasteiger partial charge in [0.1, 0.15) is 6.04 Å². The number of nitrogens with zero attached hydrogens (tertiary/aromatic N) is 1. The van der Waals surface area contributed by atoms with Crippen molar-refractivity contribution in [2.75, 3.05) is 25.0 Å². The second kappa shape index (κ2) is 8.47. The molecule has 1 aromatic rings. The van der Waals surface area contributed by atoms with Crippen LogP contribution >= 0.6 is 11.8 Å². The average Bonchev–Trinajstić information content (AvgIpc) is 3.30. The number of para-hydroxylation sites is 1. The van der Waals surface area contributed by atoms with E-state index in [9.17, 15) is 19.5 Å². The molecule has 8 heteroatoms. The Morgan fingerprint density at radius 1 is 1.23 bits per heavy atom. The van der Waals surface area contributed by atoms with Crippen LogP contribution < -0.4 is 10.6 Å². The molecule has 168 valence electrons. The number of likely N-dealkylation sites (tertiary alicyclic amines) is 1. The third-order valence-corrected chi connectivity index (χ3v) is 9.00. The van der Waals surface area contributed by atoms with Gasteiger partial charge in [0.15, 0.2) is 0 Å². The number of carbonyl (C=O) groups is 3. The number of fused-ring (bicyclic) bond motifs is 1. The zero-order valence-electron chi connectivity index (χ0n) is 18.1. The molecule has 0 aromatic heterocycles. The summed E-state index contributed by atoms with van der Waals surface area (Å²) in [4.78, 5) is 41.7. The van der Waals surface area contributed by atoms with Crippen LogP contribution in [0.25, 0.3) is 0 Å². The summed E-state index contributed by atoms with van der Waals surface area (Å²) >= 11 is 1.64. The van der Waals surface area contributed by atoms with E-state index in [1.54, 1.807) is 11.8 Å². The molecular formula is C23H31N3O4S. The minimum Gasteiger partial charge on any atom is -0.395 e. The molecule has 0 radical (unpaired) electrons. The first-order valence-corrected chi connectivity index (χ1v) is 11.9. The molecule has 3 fully saturated rings. The SMILES string of the molecule is CCCCNC(=O)C1N(CCO)C(=O)[C@@H]2[C@H](C(=O)Nc3ccccc3)[C@]3(C)CCC12S3. The van der Waals surface area contributed by atoms with Gasteiger partial charge in [-0.25, -0.2) is 0 Å². The lowest BCUT2D eigenvalue weighted by Gasteiger charge is -2.34. The molecule has 0 saturated carbocycles. The number of hydrogen-bond acceptors (Lipinski definition) is 5. The highest BCUT2D eigenvalue weighted by atomic mass is 32.2. The topological polar surface area (TPSA) is 98.7 Å².